The van der Waals surface area contributed by atoms with Crippen LogP contribution in [0.15, 0.2) is 36.7 Å². The standard InChI is InChI=1S/C21H26ClN3/c1-2-19-23-11-14(12-24-19)13-25-21-18-6-4-3-5-17(18)20(21)15-7-9-16(22)10-8-15/h7-12,17-18,20-21,25H,2-6,13H2,1H3/t17-,18+,20+,21+/m0/s1. The molecule has 1 aromatic heterocycles. The van der Waals surface area contributed by atoms with Gasteiger partial charge in [0, 0.05) is 47.9 Å². The normalized spacial score (nSPS) is 28.2. The summed E-state index contributed by atoms with van der Waals surface area (Å²) in [5.41, 5.74) is 2.61. The van der Waals surface area contributed by atoms with Crippen LogP contribution in [0.2, 0.25) is 5.02 Å². The van der Waals surface area contributed by atoms with Gasteiger partial charge in [-0.1, -0.05) is 43.5 Å². The monoisotopic (exact) mass is 355 g/mol. The van der Waals surface area contributed by atoms with E-state index in [0.717, 1.165) is 35.6 Å². The fourth-order valence-electron chi connectivity index (χ4n) is 4.78. The van der Waals surface area contributed by atoms with Crippen LogP contribution in [-0.4, -0.2) is 16.0 Å². The molecule has 1 aromatic carbocycles. The first-order valence-electron chi connectivity index (χ1n) is 9.55. The molecule has 2 aromatic rings. The number of aryl methyl sites for hydroxylation is 1. The van der Waals surface area contributed by atoms with Gasteiger partial charge in [0.15, 0.2) is 0 Å². The number of hydrogen-bond donors (Lipinski definition) is 1. The Kier molecular flexibility index (Phi) is 5.05. The summed E-state index contributed by atoms with van der Waals surface area (Å²) in [6.07, 6.45) is 10.3. The van der Waals surface area contributed by atoms with Gasteiger partial charge in [-0.05, 0) is 42.4 Å². The molecule has 0 saturated heterocycles. The molecule has 2 fully saturated rings. The van der Waals surface area contributed by atoms with E-state index in [1.54, 1.807) is 0 Å². The van der Waals surface area contributed by atoms with Crippen molar-refractivity contribution in [2.45, 2.75) is 57.5 Å². The average Bonchev–Trinajstić information content (AvgIpc) is 2.65. The highest BCUT2D eigenvalue weighted by molar-refractivity contribution is 6.30. The van der Waals surface area contributed by atoms with Crippen LogP contribution in [-0.2, 0) is 13.0 Å². The van der Waals surface area contributed by atoms with Gasteiger partial charge in [-0.3, -0.25) is 0 Å². The molecular weight excluding hydrogens is 330 g/mol. The van der Waals surface area contributed by atoms with E-state index in [0.29, 0.717) is 12.0 Å². The first kappa shape index (κ1) is 17.0. The van der Waals surface area contributed by atoms with Gasteiger partial charge in [0.2, 0.25) is 0 Å². The zero-order valence-electron chi connectivity index (χ0n) is 14.8. The lowest BCUT2D eigenvalue weighted by Crippen LogP contribution is -2.57. The Hall–Kier alpha value is -1.45. The maximum atomic E-state index is 6.09. The molecule has 3 nitrogen and oxygen atoms in total. The van der Waals surface area contributed by atoms with E-state index in [1.165, 1.54) is 36.8 Å². The lowest BCUT2D eigenvalue weighted by Gasteiger charge is -2.55. The van der Waals surface area contributed by atoms with Gasteiger partial charge in [-0.2, -0.15) is 0 Å². The summed E-state index contributed by atoms with van der Waals surface area (Å²) in [4.78, 5) is 8.84. The molecule has 0 bridgehead atoms. The van der Waals surface area contributed by atoms with Crippen LogP contribution in [0.4, 0.5) is 0 Å². The Bertz CT molecular complexity index is 698. The van der Waals surface area contributed by atoms with E-state index in [1.807, 2.05) is 24.5 Å². The smallest absolute Gasteiger partial charge is 0.127 e. The van der Waals surface area contributed by atoms with E-state index in [-0.39, 0.29) is 0 Å². The first-order valence-corrected chi connectivity index (χ1v) is 9.92. The fraction of sp³-hybridized carbons (Fsp3) is 0.524. The van der Waals surface area contributed by atoms with Gasteiger partial charge >= 0.3 is 0 Å². The number of hydrogen-bond acceptors (Lipinski definition) is 3. The fourth-order valence-corrected chi connectivity index (χ4v) is 4.90. The topological polar surface area (TPSA) is 37.8 Å². The van der Waals surface area contributed by atoms with Crippen molar-refractivity contribution in [3.63, 3.8) is 0 Å². The Labute approximate surface area is 155 Å². The van der Waals surface area contributed by atoms with Crippen molar-refractivity contribution >= 4 is 11.6 Å². The van der Waals surface area contributed by atoms with Gasteiger partial charge in [0.1, 0.15) is 5.82 Å². The van der Waals surface area contributed by atoms with Crippen molar-refractivity contribution < 1.29 is 0 Å². The summed E-state index contributed by atoms with van der Waals surface area (Å²) in [5, 5.41) is 4.64. The Morgan fingerprint density at radius 1 is 1.04 bits per heavy atom. The summed E-state index contributed by atoms with van der Waals surface area (Å²) < 4.78 is 0. The van der Waals surface area contributed by atoms with Crippen LogP contribution in [0.5, 0.6) is 0 Å². The molecule has 2 aliphatic carbocycles. The minimum absolute atomic E-state index is 0.553. The average molecular weight is 356 g/mol. The number of halogens is 1. The van der Waals surface area contributed by atoms with Crippen molar-refractivity contribution in [3.05, 3.63) is 58.6 Å². The predicted octanol–water partition coefficient (Wildman–Crippen LogP) is 4.75. The molecule has 1 heterocycles. The SMILES string of the molecule is CCc1ncc(CN[C@@H]2[C@@H]3CCCC[C@@H]3[C@H]2c2ccc(Cl)cc2)cn1. The Morgan fingerprint density at radius 3 is 2.40 bits per heavy atom. The molecule has 0 unspecified atom stereocenters. The Morgan fingerprint density at radius 2 is 1.72 bits per heavy atom. The second kappa shape index (κ2) is 7.43. The minimum atomic E-state index is 0.553. The predicted molar refractivity (Wildman–Crippen MR) is 102 cm³/mol. The maximum Gasteiger partial charge on any atom is 0.127 e. The number of benzene rings is 1. The lowest BCUT2D eigenvalue weighted by atomic mass is 9.53. The third-order valence-electron chi connectivity index (χ3n) is 6.06. The van der Waals surface area contributed by atoms with Crippen molar-refractivity contribution in [1.29, 1.82) is 0 Å². The van der Waals surface area contributed by atoms with Crippen LogP contribution < -0.4 is 5.32 Å². The van der Waals surface area contributed by atoms with E-state index in [2.05, 4.69) is 34.3 Å². The molecule has 0 aliphatic heterocycles. The molecule has 4 atom stereocenters. The van der Waals surface area contributed by atoms with Crippen LogP contribution in [0.1, 0.15) is 55.5 Å². The zero-order chi connectivity index (χ0) is 17.2. The summed E-state index contributed by atoms with van der Waals surface area (Å²) in [6.45, 7) is 2.93. The molecular formula is C21H26ClN3. The molecule has 2 aliphatic rings. The molecule has 1 N–H and O–H groups in total. The molecule has 4 heteroatoms. The molecule has 2 saturated carbocycles. The van der Waals surface area contributed by atoms with Crippen molar-refractivity contribution in [2.24, 2.45) is 11.8 Å². The summed E-state index contributed by atoms with van der Waals surface area (Å²) in [5.74, 6) is 3.16. The van der Waals surface area contributed by atoms with Gasteiger partial charge in [0.05, 0.1) is 0 Å². The van der Waals surface area contributed by atoms with Crippen LogP contribution in [0, 0.1) is 11.8 Å². The van der Waals surface area contributed by atoms with Crippen molar-refractivity contribution in [2.75, 3.05) is 0 Å². The number of fused-ring (bicyclic) bond motifs is 1. The van der Waals surface area contributed by atoms with E-state index in [9.17, 15) is 0 Å². The van der Waals surface area contributed by atoms with Crippen molar-refractivity contribution in [3.8, 4) is 0 Å². The second-order valence-corrected chi connectivity index (χ2v) is 7.89. The first-order chi connectivity index (χ1) is 12.3. The minimum Gasteiger partial charge on any atom is -0.309 e. The second-order valence-electron chi connectivity index (χ2n) is 7.46. The van der Waals surface area contributed by atoms with Crippen LogP contribution in [0.25, 0.3) is 0 Å². The highest BCUT2D eigenvalue weighted by atomic mass is 35.5. The quantitative estimate of drug-likeness (QED) is 0.840. The summed E-state index contributed by atoms with van der Waals surface area (Å²) in [6, 6.07) is 9.04. The van der Waals surface area contributed by atoms with Crippen LogP contribution >= 0.6 is 11.6 Å². The van der Waals surface area contributed by atoms with Gasteiger partial charge < -0.3 is 5.32 Å². The highest BCUT2D eigenvalue weighted by Gasteiger charge is 2.50. The number of nitrogens with zero attached hydrogens (tertiary/aromatic N) is 2. The number of aromatic nitrogens is 2. The third-order valence-corrected chi connectivity index (χ3v) is 6.31. The molecule has 132 valence electrons. The molecule has 25 heavy (non-hydrogen) atoms. The van der Waals surface area contributed by atoms with Crippen molar-refractivity contribution in [1.82, 2.24) is 15.3 Å². The Balaban J connectivity index is 1.48. The van der Waals surface area contributed by atoms with E-state index >= 15 is 0 Å². The van der Waals surface area contributed by atoms with Gasteiger partial charge in [-0.15, -0.1) is 0 Å². The lowest BCUT2D eigenvalue weighted by molar-refractivity contribution is 0.0254. The zero-order valence-corrected chi connectivity index (χ0v) is 15.5. The largest absolute Gasteiger partial charge is 0.309 e. The third kappa shape index (κ3) is 3.45. The van der Waals surface area contributed by atoms with Crippen LogP contribution in [0.3, 0.4) is 0 Å². The molecule has 0 amide bonds. The number of rotatable bonds is 5. The number of nitrogens with one attached hydrogen (secondary N) is 1. The maximum absolute atomic E-state index is 6.09. The van der Waals surface area contributed by atoms with Gasteiger partial charge in [-0.25, -0.2) is 9.97 Å². The van der Waals surface area contributed by atoms with E-state index < -0.39 is 0 Å². The van der Waals surface area contributed by atoms with Gasteiger partial charge in [0.25, 0.3) is 0 Å². The summed E-state index contributed by atoms with van der Waals surface area (Å²) in [7, 11) is 0. The molecule has 0 radical (unpaired) electrons. The highest BCUT2D eigenvalue weighted by Crippen LogP contribution is 2.54. The summed E-state index contributed by atoms with van der Waals surface area (Å²) >= 11 is 6.09. The van der Waals surface area contributed by atoms with E-state index in [4.69, 9.17) is 11.6 Å². The molecule has 0 spiro atoms. The molecule has 4 rings (SSSR count).